The van der Waals surface area contributed by atoms with Crippen LogP contribution in [-0.2, 0) is 9.59 Å². The number of likely N-dealkylation sites (tertiary alicyclic amines) is 2. The Kier molecular flexibility index (Phi) is 8.69. The maximum absolute atomic E-state index is 12.0. The molecule has 0 aliphatic carbocycles. The van der Waals surface area contributed by atoms with Gasteiger partial charge in [-0.05, 0) is 56.6 Å². The van der Waals surface area contributed by atoms with Crippen LogP contribution in [0.4, 0.5) is 0 Å². The first-order chi connectivity index (χ1) is 14.6. The van der Waals surface area contributed by atoms with E-state index in [1.165, 1.54) is 22.6 Å². The standard InChI is InChI=1S/C22H35N5O2S/c1-3-23-22(24-11-14-27-20(28)7-4-8-21(27)29)25-16-18(19-6-5-15-30-19)26-12-9-17(2)10-13-26/h5-6,15,17-18H,3-4,7-14,16H2,1-2H3,(H2,23,24,25). The SMILES string of the molecule is CCNC(=NCC(c1cccs1)N1CCC(C)CC1)NCCN1C(=O)CCCC1=O. The van der Waals surface area contributed by atoms with Crippen molar-refractivity contribution >= 4 is 29.1 Å². The zero-order valence-electron chi connectivity index (χ0n) is 18.2. The van der Waals surface area contributed by atoms with Crippen LogP contribution < -0.4 is 10.6 Å². The van der Waals surface area contributed by atoms with Crippen molar-refractivity contribution in [3.63, 3.8) is 0 Å². The van der Waals surface area contributed by atoms with E-state index in [4.69, 9.17) is 4.99 Å². The van der Waals surface area contributed by atoms with Crippen molar-refractivity contribution in [2.45, 2.75) is 52.0 Å². The highest BCUT2D eigenvalue weighted by Gasteiger charge is 2.26. The molecule has 0 bridgehead atoms. The van der Waals surface area contributed by atoms with E-state index in [0.29, 0.717) is 44.9 Å². The number of imide groups is 1. The van der Waals surface area contributed by atoms with Gasteiger partial charge in [0.15, 0.2) is 5.96 Å². The van der Waals surface area contributed by atoms with Crippen molar-refractivity contribution < 1.29 is 9.59 Å². The molecule has 2 saturated heterocycles. The van der Waals surface area contributed by atoms with Gasteiger partial charge in [0, 0.05) is 37.4 Å². The first-order valence-corrected chi connectivity index (χ1v) is 12.1. The highest BCUT2D eigenvalue weighted by molar-refractivity contribution is 7.10. The van der Waals surface area contributed by atoms with Crippen LogP contribution >= 0.6 is 11.3 Å². The van der Waals surface area contributed by atoms with E-state index >= 15 is 0 Å². The molecule has 2 aliphatic heterocycles. The first kappa shape index (κ1) is 22.7. The third-order valence-electron chi connectivity index (χ3n) is 5.91. The zero-order valence-corrected chi connectivity index (χ0v) is 19.0. The van der Waals surface area contributed by atoms with E-state index in [2.05, 4.69) is 40.0 Å². The highest BCUT2D eigenvalue weighted by atomic mass is 32.1. The molecule has 2 N–H and O–H groups in total. The maximum atomic E-state index is 12.0. The molecule has 30 heavy (non-hydrogen) atoms. The van der Waals surface area contributed by atoms with E-state index in [1.54, 1.807) is 11.3 Å². The van der Waals surface area contributed by atoms with Gasteiger partial charge in [0.1, 0.15) is 0 Å². The number of amides is 2. The Morgan fingerprint density at radius 3 is 2.60 bits per heavy atom. The van der Waals surface area contributed by atoms with Crippen LogP contribution in [0, 0.1) is 5.92 Å². The summed E-state index contributed by atoms with van der Waals surface area (Å²) >= 11 is 1.79. The smallest absolute Gasteiger partial charge is 0.229 e. The molecule has 2 aliphatic rings. The van der Waals surface area contributed by atoms with Gasteiger partial charge in [-0.15, -0.1) is 11.3 Å². The summed E-state index contributed by atoms with van der Waals surface area (Å²) in [5, 5.41) is 8.72. The van der Waals surface area contributed by atoms with E-state index in [1.807, 2.05) is 6.92 Å². The fraction of sp³-hybridized carbons (Fsp3) is 0.682. The summed E-state index contributed by atoms with van der Waals surface area (Å²) in [6, 6.07) is 4.61. The lowest BCUT2D eigenvalue weighted by Gasteiger charge is -2.35. The van der Waals surface area contributed by atoms with E-state index < -0.39 is 0 Å². The topological polar surface area (TPSA) is 77.0 Å². The van der Waals surface area contributed by atoms with E-state index in [-0.39, 0.29) is 11.8 Å². The Hall–Kier alpha value is -1.93. The minimum atomic E-state index is -0.0629. The second-order valence-electron chi connectivity index (χ2n) is 8.19. The van der Waals surface area contributed by atoms with Gasteiger partial charge in [0.05, 0.1) is 12.6 Å². The molecule has 0 spiro atoms. The normalized spacial score (nSPS) is 20.5. The number of hydrogen-bond acceptors (Lipinski definition) is 5. The average molecular weight is 434 g/mol. The highest BCUT2D eigenvalue weighted by Crippen LogP contribution is 2.29. The third kappa shape index (κ3) is 6.28. The fourth-order valence-electron chi connectivity index (χ4n) is 4.06. The van der Waals surface area contributed by atoms with Crippen LogP contribution in [0.1, 0.15) is 56.9 Å². The van der Waals surface area contributed by atoms with Gasteiger partial charge in [0.2, 0.25) is 11.8 Å². The number of piperidine rings is 2. The summed E-state index contributed by atoms with van der Waals surface area (Å²) in [5.41, 5.74) is 0. The van der Waals surface area contributed by atoms with Crippen molar-refractivity contribution in [2.24, 2.45) is 10.9 Å². The number of nitrogens with zero attached hydrogens (tertiary/aromatic N) is 3. The molecule has 0 saturated carbocycles. The number of aliphatic imine (C=N–C) groups is 1. The van der Waals surface area contributed by atoms with E-state index in [0.717, 1.165) is 31.5 Å². The van der Waals surface area contributed by atoms with Crippen molar-refractivity contribution in [3.8, 4) is 0 Å². The molecule has 3 rings (SSSR count). The molecule has 8 heteroatoms. The minimum Gasteiger partial charge on any atom is -0.357 e. The van der Waals surface area contributed by atoms with Gasteiger partial charge in [0.25, 0.3) is 0 Å². The summed E-state index contributed by atoms with van der Waals surface area (Å²) in [6.07, 6.45) is 4.09. The number of nitrogens with one attached hydrogen (secondary N) is 2. The van der Waals surface area contributed by atoms with Gasteiger partial charge < -0.3 is 10.6 Å². The van der Waals surface area contributed by atoms with Crippen LogP contribution in [0.25, 0.3) is 0 Å². The third-order valence-corrected chi connectivity index (χ3v) is 6.88. The van der Waals surface area contributed by atoms with Gasteiger partial charge in [-0.3, -0.25) is 24.4 Å². The molecule has 0 radical (unpaired) electrons. The molecular formula is C22H35N5O2S. The van der Waals surface area contributed by atoms with Crippen molar-refractivity contribution in [1.29, 1.82) is 0 Å². The quantitative estimate of drug-likeness (QED) is 0.374. The van der Waals surface area contributed by atoms with Crippen LogP contribution in [0.5, 0.6) is 0 Å². The molecule has 0 aromatic carbocycles. The fourth-order valence-corrected chi connectivity index (χ4v) is 4.91. The number of rotatable bonds is 8. The van der Waals surface area contributed by atoms with Crippen LogP contribution in [-0.4, -0.2) is 66.8 Å². The number of guanidine groups is 1. The Labute approximate surface area is 183 Å². The molecule has 166 valence electrons. The Morgan fingerprint density at radius 1 is 1.23 bits per heavy atom. The maximum Gasteiger partial charge on any atom is 0.229 e. The monoisotopic (exact) mass is 433 g/mol. The van der Waals surface area contributed by atoms with Crippen molar-refractivity contribution in [1.82, 2.24) is 20.4 Å². The summed E-state index contributed by atoms with van der Waals surface area (Å²) < 4.78 is 0. The Bertz CT molecular complexity index is 697. The Morgan fingerprint density at radius 2 is 1.97 bits per heavy atom. The number of hydrogen-bond donors (Lipinski definition) is 2. The second-order valence-corrected chi connectivity index (χ2v) is 9.17. The van der Waals surface area contributed by atoms with Crippen molar-refractivity contribution in [2.75, 3.05) is 39.3 Å². The molecule has 1 aromatic rings. The van der Waals surface area contributed by atoms with E-state index in [9.17, 15) is 9.59 Å². The largest absolute Gasteiger partial charge is 0.357 e. The van der Waals surface area contributed by atoms with Crippen LogP contribution in [0.2, 0.25) is 0 Å². The molecule has 1 atom stereocenters. The first-order valence-electron chi connectivity index (χ1n) is 11.2. The van der Waals surface area contributed by atoms with Crippen LogP contribution in [0.15, 0.2) is 22.5 Å². The summed E-state index contributed by atoms with van der Waals surface area (Å²) in [6.45, 7) is 8.95. The number of carbonyl (C=O) groups is 2. The predicted octanol–water partition coefficient (Wildman–Crippen LogP) is 2.62. The molecule has 2 amide bonds. The van der Waals surface area contributed by atoms with Crippen molar-refractivity contribution in [3.05, 3.63) is 22.4 Å². The number of carbonyl (C=O) groups excluding carboxylic acids is 2. The van der Waals surface area contributed by atoms with Gasteiger partial charge in [-0.25, -0.2) is 0 Å². The lowest BCUT2D eigenvalue weighted by Crippen LogP contribution is -2.46. The molecular weight excluding hydrogens is 398 g/mol. The summed E-state index contributed by atoms with van der Waals surface area (Å²) in [5.74, 6) is 1.41. The lowest BCUT2D eigenvalue weighted by atomic mass is 9.97. The summed E-state index contributed by atoms with van der Waals surface area (Å²) in [7, 11) is 0. The zero-order chi connectivity index (χ0) is 21.3. The molecule has 2 fully saturated rings. The van der Waals surface area contributed by atoms with Gasteiger partial charge >= 0.3 is 0 Å². The molecule has 3 heterocycles. The molecule has 1 unspecified atom stereocenters. The summed E-state index contributed by atoms with van der Waals surface area (Å²) in [4.78, 5) is 34.1. The van der Waals surface area contributed by atoms with Gasteiger partial charge in [-0.1, -0.05) is 13.0 Å². The molecule has 7 nitrogen and oxygen atoms in total. The minimum absolute atomic E-state index is 0.0629. The van der Waals surface area contributed by atoms with Gasteiger partial charge in [-0.2, -0.15) is 0 Å². The Balaban J connectivity index is 1.59. The van der Waals surface area contributed by atoms with Crippen LogP contribution in [0.3, 0.4) is 0 Å². The second kappa shape index (κ2) is 11.5. The predicted molar refractivity (Wildman–Crippen MR) is 122 cm³/mol. The number of thiophene rings is 1. The molecule has 1 aromatic heterocycles. The lowest BCUT2D eigenvalue weighted by molar-refractivity contribution is -0.147. The average Bonchev–Trinajstić information content (AvgIpc) is 3.26.